The third-order valence-electron chi connectivity index (χ3n) is 0.201. The lowest BCUT2D eigenvalue weighted by molar-refractivity contribution is 0.169. The van der Waals surface area contributed by atoms with Crippen LogP contribution in [0.5, 0.6) is 0 Å². The Labute approximate surface area is 52.3 Å². The van der Waals surface area contributed by atoms with Crippen LogP contribution in [0.1, 0.15) is 0 Å². The van der Waals surface area contributed by atoms with Gasteiger partial charge in [0.1, 0.15) is 0 Å². The number of nitrogens with one attached hydrogen (secondary N) is 1. The number of amides is 2. The average Bonchev–Trinajstić information content (AvgIpc) is 1.89. The molecule has 0 bridgehead atoms. The molecule has 0 saturated heterocycles. The van der Waals surface area contributed by atoms with Gasteiger partial charge >= 0.3 is 6.03 Å². The Balaban J connectivity index is 0. The second-order valence-electron chi connectivity index (χ2n) is 0.809. The van der Waals surface area contributed by atoms with Crippen LogP contribution in [0.25, 0.3) is 0 Å². The topological polar surface area (TPSA) is 99.1 Å². The van der Waals surface area contributed by atoms with E-state index in [0.29, 0.717) is 0 Å². The number of primary amides is 1. The summed E-state index contributed by atoms with van der Waals surface area (Å²) in [4.78, 5) is 9.23. The van der Waals surface area contributed by atoms with E-state index in [9.17, 15) is 4.79 Å². The van der Waals surface area contributed by atoms with E-state index in [-0.39, 0.29) is 0 Å². The minimum Gasteiger partial charge on any atom is -0.350 e. The first-order chi connectivity index (χ1) is 4.18. The fourth-order valence-electron chi connectivity index (χ4n) is 0. The molecule has 4 N–H and O–H groups in total. The van der Waals surface area contributed by atoms with E-state index in [1.807, 2.05) is 0 Å². The molecule has 0 rings (SSSR count). The highest BCUT2D eigenvalue weighted by Gasteiger charge is 1.75. The summed E-state index contributed by atoms with van der Waals surface area (Å²) in [6, 6.07) is 0.755. The number of hydrogen-bond acceptors (Lipinski definition) is 3. The molecule has 5 heteroatoms. The molecule has 0 aromatic heterocycles. The highest BCUT2D eigenvalue weighted by atomic mass is 16.5. The van der Waals surface area contributed by atoms with Crippen molar-refractivity contribution in [2.45, 2.75) is 0 Å². The first-order valence-electron chi connectivity index (χ1n) is 1.89. The van der Waals surface area contributed by atoms with Crippen molar-refractivity contribution in [1.82, 2.24) is 5.48 Å². The van der Waals surface area contributed by atoms with E-state index in [0.717, 1.165) is 0 Å². The molecule has 0 spiro atoms. The first kappa shape index (κ1) is 10.4. The predicted octanol–water partition coefficient (Wildman–Crippen LogP) is -0.260. The lowest BCUT2D eigenvalue weighted by atomic mass is 10.8. The predicted molar refractivity (Wildman–Crippen MR) is 30.3 cm³/mol. The standard InChI is InChI=1S/C3H3N.CH4N2O2/c1-2-3-4;2-1(4)3-5/h2H,1H2;5H,(H3,2,3,4). The van der Waals surface area contributed by atoms with Gasteiger partial charge in [-0.2, -0.15) is 5.26 Å². The molecule has 2 amide bonds. The zero-order chi connectivity index (χ0) is 7.70. The summed E-state index contributed by atoms with van der Waals surface area (Å²) in [5, 5.41) is 14.9. The molecule has 0 saturated carbocycles. The van der Waals surface area contributed by atoms with Crippen molar-refractivity contribution in [3.63, 3.8) is 0 Å². The van der Waals surface area contributed by atoms with E-state index < -0.39 is 6.03 Å². The van der Waals surface area contributed by atoms with E-state index in [1.54, 1.807) is 6.07 Å². The average molecular weight is 129 g/mol. The summed E-state index contributed by atoms with van der Waals surface area (Å²) in [6.07, 6.45) is 1.18. The van der Waals surface area contributed by atoms with Crippen molar-refractivity contribution in [2.24, 2.45) is 5.73 Å². The molecule has 5 nitrogen and oxygen atoms in total. The van der Waals surface area contributed by atoms with Crippen molar-refractivity contribution in [2.75, 3.05) is 0 Å². The van der Waals surface area contributed by atoms with Crippen LogP contribution in [-0.2, 0) is 0 Å². The zero-order valence-electron chi connectivity index (χ0n) is 4.66. The number of nitrogens with two attached hydrogens (primary N) is 1. The van der Waals surface area contributed by atoms with Gasteiger partial charge in [-0.25, -0.2) is 10.3 Å². The summed E-state index contributed by atoms with van der Waals surface area (Å²) in [5.41, 5.74) is 5.46. The van der Waals surface area contributed by atoms with E-state index in [2.05, 4.69) is 12.3 Å². The van der Waals surface area contributed by atoms with Gasteiger partial charge < -0.3 is 5.73 Å². The minimum atomic E-state index is -0.940. The second kappa shape index (κ2) is 9.68. The van der Waals surface area contributed by atoms with Crippen molar-refractivity contribution in [1.29, 1.82) is 5.26 Å². The Bertz CT molecular complexity index is 126. The van der Waals surface area contributed by atoms with Crippen molar-refractivity contribution < 1.29 is 10.0 Å². The van der Waals surface area contributed by atoms with Crippen LogP contribution >= 0.6 is 0 Å². The van der Waals surface area contributed by atoms with Gasteiger partial charge in [-0.3, -0.25) is 5.21 Å². The minimum absolute atomic E-state index is 0.940. The number of hydroxylamine groups is 1. The van der Waals surface area contributed by atoms with Crippen LogP contribution in [-0.4, -0.2) is 11.2 Å². The molecular formula is C4H7N3O2. The molecule has 0 aliphatic carbocycles. The molecule has 0 fully saturated rings. The van der Waals surface area contributed by atoms with Crippen molar-refractivity contribution >= 4 is 6.03 Å². The van der Waals surface area contributed by atoms with Crippen LogP contribution in [0.4, 0.5) is 4.79 Å². The fourth-order valence-corrected chi connectivity index (χ4v) is 0. The number of nitriles is 1. The molecule has 0 radical (unpaired) electrons. The Hall–Kier alpha value is -1.54. The molecule has 0 aromatic carbocycles. The number of nitrogens with zero attached hydrogens (tertiary/aromatic N) is 1. The highest BCUT2D eigenvalue weighted by molar-refractivity contribution is 5.69. The van der Waals surface area contributed by atoms with Crippen molar-refractivity contribution in [3.05, 3.63) is 12.7 Å². The molecule has 0 aromatic rings. The third-order valence-corrected chi connectivity index (χ3v) is 0.201. The summed E-state index contributed by atoms with van der Waals surface area (Å²) < 4.78 is 0. The number of allylic oxidation sites excluding steroid dienone is 1. The Morgan fingerprint density at radius 2 is 2.22 bits per heavy atom. The van der Waals surface area contributed by atoms with Gasteiger partial charge in [0.2, 0.25) is 0 Å². The second-order valence-corrected chi connectivity index (χ2v) is 0.809. The zero-order valence-corrected chi connectivity index (χ0v) is 4.66. The van der Waals surface area contributed by atoms with Crippen LogP contribution in [0.3, 0.4) is 0 Å². The summed E-state index contributed by atoms with van der Waals surface area (Å²) >= 11 is 0. The monoisotopic (exact) mass is 129 g/mol. The number of urea groups is 1. The number of rotatable bonds is 0. The van der Waals surface area contributed by atoms with Gasteiger partial charge in [0.05, 0.1) is 6.07 Å². The normalized spacial score (nSPS) is 5.33. The maximum atomic E-state index is 9.23. The molecule has 50 valence electrons. The molecule has 0 unspecified atom stereocenters. The van der Waals surface area contributed by atoms with Gasteiger partial charge in [0.15, 0.2) is 0 Å². The summed E-state index contributed by atoms with van der Waals surface area (Å²) in [6.45, 7) is 3.12. The first-order valence-corrected chi connectivity index (χ1v) is 1.89. The number of carbonyl (C=O) groups excluding carboxylic acids is 1. The Morgan fingerprint density at radius 3 is 2.22 bits per heavy atom. The smallest absolute Gasteiger partial charge is 0.335 e. The number of hydrogen-bond donors (Lipinski definition) is 3. The van der Waals surface area contributed by atoms with Gasteiger partial charge in [0.25, 0.3) is 0 Å². The lowest BCUT2D eigenvalue weighted by Crippen LogP contribution is -2.25. The van der Waals surface area contributed by atoms with E-state index in [1.165, 1.54) is 11.6 Å². The maximum Gasteiger partial charge on any atom is 0.335 e. The summed E-state index contributed by atoms with van der Waals surface area (Å²) in [7, 11) is 0. The van der Waals surface area contributed by atoms with E-state index >= 15 is 0 Å². The SMILES string of the molecule is C=CC#N.NC(=O)NO. The largest absolute Gasteiger partial charge is 0.350 e. The molecule has 0 heterocycles. The highest BCUT2D eigenvalue weighted by Crippen LogP contribution is 1.41. The van der Waals surface area contributed by atoms with Crippen LogP contribution in [0, 0.1) is 11.3 Å². The van der Waals surface area contributed by atoms with Gasteiger partial charge in [-0.1, -0.05) is 6.58 Å². The maximum absolute atomic E-state index is 9.23. The van der Waals surface area contributed by atoms with Gasteiger partial charge in [-0.15, -0.1) is 0 Å². The van der Waals surface area contributed by atoms with Crippen LogP contribution in [0.2, 0.25) is 0 Å². The molecule has 0 aliphatic rings. The molecule has 9 heavy (non-hydrogen) atoms. The quantitative estimate of drug-likeness (QED) is 0.238. The molecular weight excluding hydrogens is 122 g/mol. The van der Waals surface area contributed by atoms with E-state index in [4.69, 9.17) is 10.5 Å². The summed E-state index contributed by atoms with van der Waals surface area (Å²) in [5.74, 6) is 0. The fraction of sp³-hybridized carbons (Fsp3) is 0. The Morgan fingerprint density at radius 1 is 2.00 bits per heavy atom. The van der Waals surface area contributed by atoms with Gasteiger partial charge in [-0.05, 0) is 0 Å². The number of carbonyl (C=O) groups is 1. The molecule has 0 aliphatic heterocycles. The Kier molecular flexibility index (Phi) is 11.2. The third kappa shape index (κ3) is 60.3. The van der Waals surface area contributed by atoms with Crippen LogP contribution in [0.15, 0.2) is 12.7 Å². The van der Waals surface area contributed by atoms with Crippen molar-refractivity contribution in [3.8, 4) is 6.07 Å². The lowest BCUT2D eigenvalue weighted by Gasteiger charge is -1.79. The van der Waals surface area contributed by atoms with Crippen LogP contribution < -0.4 is 11.2 Å². The molecule has 0 atom stereocenters. The van der Waals surface area contributed by atoms with Gasteiger partial charge in [0, 0.05) is 6.08 Å².